The van der Waals surface area contributed by atoms with E-state index < -0.39 is 0 Å². The molecule has 2 N–H and O–H groups in total. The minimum Gasteiger partial charge on any atom is -0.412 e. The number of hydrogen-bond acceptors (Lipinski definition) is 1. The summed E-state index contributed by atoms with van der Waals surface area (Å²) in [6, 6.07) is 6.72. The zero-order valence-electron chi connectivity index (χ0n) is 5.17. The van der Waals surface area contributed by atoms with Gasteiger partial charge >= 0.3 is 0 Å². The fraction of sp³-hybridized carbons (Fsp3) is 0. The zero-order chi connectivity index (χ0) is 6.69. The van der Waals surface area contributed by atoms with Gasteiger partial charge in [0, 0.05) is 10.6 Å². The first-order valence-electron chi connectivity index (χ1n) is 2.53. The molecular weight excluding hydrogens is 152 g/mol. The quantitative estimate of drug-likeness (QED) is 0.569. The van der Waals surface area contributed by atoms with Gasteiger partial charge in [-0.2, -0.15) is 0 Å². The molecule has 0 amide bonds. The number of halogens is 1. The van der Waals surface area contributed by atoms with Crippen LogP contribution in [-0.4, -0.2) is 11.8 Å². The maximum Gasteiger partial charge on any atom is 0.150 e. The topological polar surface area (TPSA) is 48.6 Å². The van der Waals surface area contributed by atoms with Crippen LogP contribution in [0.4, 0.5) is 0 Å². The molecular formula is C7H7ClO2. The van der Waals surface area contributed by atoms with Crippen molar-refractivity contribution in [1.82, 2.24) is 0 Å². The van der Waals surface area contributed by atoms with E-state index in [0.717, 1.165) is 6.29 Å². The van der Waals surface area contributed by atoms with Gasteiger partial charge in [0.25, 0.3) is 0 Å². The Morgan fingerprint density at radius 3 is 2.10 bits per heavy atom. The average molecular weight is 159 g/mol. The maximum atomic E-state index is 10.1. The molecule has 1 aromatic carbocycles. The minimum absolute atomic E-state index is 0. The molecule has 0 saturated carbocycles. The molecule has 54 valence electrons. The van der Waals surface area contributed by atoms with Crippen LogP contribution in [-0.2, 0) is 0 Å². The van der Waals surface area contributed by atoms with Gasteiger partial charge in [0.2, 0.25) is 0 Å². The molecule has 2 nitrogen and oxygen atoms in total. The van der Waals surface area contributed by atoms with E-state index in [1.165, 1.54) is 0 Å². The van der Waals surface area contributed by atoms with Crippen molar-refractivity contribution >= 4 is 17.9 Å². The Morgan fingerprint density at radius 1 is 1.20 bits per heavy atom. The number of carbonyl (C=O) groups is 1. The summed E-state index contributed by atoms with van der Waals surface area (Å²) in [7, 11) is 0. The van der Waals surface area contributed by atoms with Crippen LogP contribution in [0, 0.1) is 0 Å². The van der Waals surface area contributed by atoms with E-state index >= 15 is 0 Å². The molecule has 0 aliphatic heterocycles. The fourth-order valence-corrected chi connectivity index (χ4v) is 0.667. The van der Waals surface area contributed by atoms with E-state index in [-0.39, 0.29) is 5.48 Å². The van der Waals surface area contributed by atoms with Crippen molar-refractivity contribution in [3.8, 4) is 0 Å². The van der Waals surface area contributed by atoms with Gasteiger partial charge in [-0.1, -0.05) is 23.7 Å². The van der Waals surface area contributed by atoms with Crippen LogP contribution in [0.5, 0.6) is 0 Å². The number of rotatable bonds is 1. The van der Waals surface area contributed by atoms with E-state index in [1.807, 2.05) is 0 Å². The second-order valence-corrected chi connectivity index (χ2v) is 2.11. The highest BCUT2D eigenvalue weighted by atomic mass is 35.5. The van der Waals surface area contributed by atoms with Crippen molar-refractivity contribution in [2.24, 2.45) is 0 Å². The van der Waals surface area contributed by atoms with Crippen LogP contribution in [0.15, 0.2) is 24.3 Å². The summed E-state index contributed by atoms with van der Waals surface area (Å²) >= 11 is 5.55. The smallest absolute Gasteiger partial charge is 0.150 e. The van der Waals surface area contributed by atoms with Gasteiger partial charge in [0.1, 0.15) is 6.29 Å². The molecule has 0 bridgehead atoms. The first-order valence-corrected chi connectivity index (χ1v) is 2.91. The highest BCUT2D eigenvalue weighted by Gasteiger charge is 1.86. The summed E-state index contributed by atoms with van der Waals surface area (Å²) < 4.78 is 0. The fourth-order valence-electron chi connectivity index (χ4n) is 0.541. The van der Waals surface area contributed by atoms with Gasteiger partial charge in [-0.05, 0) is 12.1 Å². The van der Waals surface area contributed by atoms with E-state index in [1.54, 1.807) is 24.3 Å². The van der Waals surface area contributed by atoms with Crippen molar-refractivity contribution in [3.05, 3.63) is 34.9 Å². The molecule has 0 fully saturated rings. The Kier molecular flexibility index (Phi) is 3.69. The summed E-state index contributed by atoms with van der Waals surface area (Å²) in [6.45, 7) is 0. The second-order valence-electron chi connectivity index (χ2n) is 1.67. The molecule has 1 aromatic rings. The normalized spacial score (nSPS) is 8.10. The lowest BCUT2D eigenvalue weighted by Gasteiger charge is -1.87. The molecule has 0 unspecified atom stereocenters. The van der Waals surface area contributed by atoms with E-state index in [9.17, 15) is 4.79 Å². The van der Waals surface area contributed by atoms with Gasteiger partial charge < -0.3 is 5.48 Å². The molecule has 10 heavy (non-hydrogen) atoms. The lowest BCUT2D eigenvalue weighted by Crippen LogP contribution is -1.74. The third kappa shape index (κ3) is 2.17. The first-order chi connectivity index (χ1) is 4.33. The Bertz CT molecular complexity index is 205. The monoisotopic (exact) mass is 158 g/mol. The van der Waals surface area contributed by atoms with Crippen molar-refractivity contribution in [3.63, 3.8) is 0 Å². The lowest BCUT2D eigenvalue weighted by atomic mass is 10.2. The van der Waals surface area contributed by atoms with E-state index in [2.05, 4.69) is 0 Å². The zero-order valence-corrected chi connectivity index (χ0v) is 5.93. The van der Waals surface area contributed by atoms with Crippen LogP contribution < -0.4 is 0 Å². The van der Waals surface area contributed by atoms with Crippen molar-refractivity contribution in [2.45, 2.75) is 0 Å². The maximum absolute atomic E-state index is 10.1. The Labute approximate surface area is 63.7 Å². The van der Waals surface area contributed by atoms with E-state index in [0.29, 0.717) is 10.6 Å². The van der Waals surface area contributed by atoms with Crippen LogP contribution in [0.25, 0.3) is 0 Å². The van der Waals surface area contributed by atoms with E-state index in [4.69, 9.17) is 11.6 Å². The summed E-state index contributed by atoms with van der Waals surface area (Å²) in [4.78, 5) is 10.1. The van der Waals surface area contributed by atoms with Gasteiger partial charge in [-0.25, -0.2) is 0 Å². The molecule has 3 heteroatoms. The number of benzene rings is 1. The summed E-state index contributed by atoms with van der Waals surface area (Å²) in [5, 5.41) is 0.653. The first kappa shape index (κ1) is 9.14. The van der Waals surface area contributed by atoms with Gasteiger partial charge in [-0.15, -0.1) is 0 Å². The average Bonchev–Trinajstić information content (AvgIpc) is 1.90. The molecule has 0 saturated heterocycles. The van der Waals surface area contributed by atoms with Crippen molar-refractivity contribution in [2.75, 3.05) is 0 Å². The lowest BCUT2D eigenvalue weighted by molar-refractivity contribution is 0.112. The van der Waals surface area contributed by atoms with Crippen LogP contribution in [0.2, 0.25) is 5.02 Å². The predicted octanol–water partition coefficient (Wildman–Crippen LogP) is 1.33. The number of carbonyl (C=O) groups excluding carboxylic acids is 1. The number of hydrogen-bond donors (Lipinski definition) is 0. The third-order valence-electron chi connectivity index (χ3n) is 1.01. The van der Waals surface area contributed by atoms with Crippen molar-refractivity contribution in [1.29, 1.82) is 0 Å². The molecule has 0 aliphatic carbocycles. The Morgan fingerprint density at radius 2 is 1.70 bits per heavy atom. The number of aldehydes is 1. The molecule has 0 spiro atoms. The summed E-state index contributed by atoms with van der Waals surface area (Å²) in [5.41, 5.74) is 0.652. The van der Waals surface area contributed by atoms with Crippen LogP contribution in [0.3, 0.4) is 0 Å². The van der Waals surface area contributed by atoms with Crippen LogP contribution >= 0.6 is 11.6 Å². The molecule has 0 aliphatic rings. The standard InChI is InChI=1S/C7H5ClO.H2O/c8-7-3-1-6(5-9)2-4-7;/h1-5H;1H2. The van der Waals surface area contributed by atoms with Crippen LogP contribution in [0.1, 0.15) is 10.4 Å². The Balaban J connectivity index is 0.000000810. The molecule has 0 heterocycles. The molecule has 0 atom stereocenters. The largest absolute Gasteiger partial charge is 0.412 e. The minimum atomic E-state index is 0. The highest BCUT2D eigenvalue weighted by molar-refractivity contribution is 6.30. The Hall–Kier alpha value is -0.860. The highest BCUT2D eigenvalue weighted by Crippen LogP contribution is 2.07. The molecule has 1 rings (SSSR count). The summed E-state index contributed by atoms with van der Waals surface area (Å²) in [6.07, 6.45) is 0.788. The van der Waals surface area contributed by atoms with Gasteiger partial charge in [-0.3, -0.25) is 4.79 Å². The van der Waals surface area contributed by atoms with Gasteiger partial charge in [0.05, 0.1) is 0 Å². The third-order valence-corrected chi connectivity index (χ3v) is 1.26. The second kappa shape index (κ2) is 4.04. The predicted molar refractivity (Wildman–Crippen MR) is 40.5 cm³/mol. The van der Waals surface area contributed by atoms with Gasteiger partial charge in [0.15, 0.2) is 0 Å². The molecule has 0 aromatic heterocycles. The van der Waals surface area contributed by atoms with Crippen molar-refractivity contribution < 1.29 is 10.3 Å². The SMILES string of the molecule is O.O=Cc1ccc(Cl)cc1. The summed E-state index contributed by atoms with van der Waals surface area (Å²) in [5.74, 6) is 0. The molecule has 0 radical (unpaired) electrons.